The molecule has 25 heavy (non-hydrogen) atoms. The van der Waals surface area contributed by atoms with Crippen LogP contribution in [0.5, 0.6) is 5.75 Å². The van der Waals surface area contributed by atoms with Gasteiger partial charge in [-0.1, -0.05) is 18.2 Å². The largest absolute Gasteiger partial charge is 0.494 e. The number of carbonyl (C=O) groups excluding carboxylic acids is 2. The predicted octanol–water partition coefficient (Wildman–Crippen LogP) is 3.45. The molecule has 1 aliphatic heterocycles. The maximum absolute atomic E-state index is 12.8. The quantitative estimate of drug-likeness (QED) is 0.849. The summed E-state index contributed by atoms with van der Waals surface area (Å²) in [5.41, 5.74) is 3.60. The highest BCUT2D eigenvalue weighted by atomic mass is 16.5. The number of hydrogen-bond acceptors (Lipinski definition) is 4. The first-order valence-corrected chi connectivity index (χ1v) is 8.43. The van der Waals surface area contributed by atoms with Gasteiger partial charge in [0.2, 0.25) is 5.91 Å². The van der Waals surface area contributed by atoms with Crippen LogP contribution in [0.2, 0.25) is 0 Å². The number of benzene rings is 2. The fourth-order valence-electron chi connectivity index (χ4n) is 3.09. The number of nitrogens with one attached hydrogen (secondary N) is 1. The van der Waals surface area contributed by atoms with Crippen molar-refractivity contribution in [3.05, 3.63) is 53.6 Å². The molecule has 1 aliphatic rings. The first kappa shape index (κ1) is 17.0. The molecule has 130 valence electrons. The molecule has 3 rings (SSSR count). The fourth-order valence-corrected chi connectivity index (χ4v) is 3.09. The molecule has 1 heterocycles. The van der Waals surface area contributed by atoms with E-state index in [1.807, 2.05) is 39.0 Å². The molecule has 5 nitrogen and oxygen atoms in total. The van der Waals surface area contributed by atoms with E-state index in [9.17, 15) is 9.59 Å². The molecule has 0 saturated carbocycles. The Kier molecular flexibility index (Phi) is 4.74. The summed E-state index contributed by atoms with van der Waals surface area (Å²) in [6.45, 7) is 6.45. The van der Waals surface area contributed by atoms with E-state index >= 15 is 0 Å². The number of carbonyl (C=O) groups is 2. The summed E-state index contributed by atoms with van der Waals surface area (Å²) in [6, 6.07) is 12.4. The van der Waals surface area contributed by atoms with Crippen molar-refractivity contribution in [1.82, 2.24) is 0 Å². The summed E-state index contributed by atoms with van der Waals surface area (Å²) in [5.74, 6) is 0.297. The van der Waals surface area contributed by atoms with Crippen molar-refractivity contribution >= 4 is 23.2 Å². The Morgan fingerprint density at radius 3 is 2.32 bits per heavy atom. The van der Waals surface area contributed by atoms with Crippen molar-refractivity contribution in [1.29, 1.82) is 0 Å². The van der Waals surface area contributed by atoms with Gasteiger partial charge in [-0.3, -0.25) is 9.59 Å². The first-order valence-electron chi connectivity index (χ1n) is 8.43. The minimum Gasteiger partial charge on any atom is -0.494 e. The molecule has 1 atom stereocenters. The topological polar surface area (TPSA) is 58.6 Å². The maximum atomic E-state index is 12.8. The average Bonchev–Trinajstić information content (AvgIpc) is 2.86. The molecule has 0 bridgehead atoms. The van der Waals surface area contributed by atoms with Crippen molar-refractivity contribution in [2.75, 3.05) is 16.8 Å². The van der Waals surface area contributed by atoms with Crippen LogP contribution in [0, 0.1) is 13.8 Å². The van der Waals surface area contributed by atoms with E-state index in [2.05, 4.69) is 5.32 Å². The van der Waals surface area contributed by atoms with E-state index in [1.165, 1.54) is 4.90 Å². The van der Waals surface area contributed by atoms with Crippen molar-refractivity contribution < 1.29 is 14.3 Å². The van der Waals surface area contributed by atoms with Crippen molar-refractivity contribution in [3.8, 4) is 5.75 Å². The Bertz CT molecular complexity index is 779. The lowest BCUT2D eigenvalue weighted by molar-refractivity contribution is -0.121. The smallest absolute Gasteiger partial charge is 0.256 e. The summed E-state index contributed by atoms with van der Waals surface area (Å²) in [6.07, 6.45) is 0.153. The van der Waals surface area contributed by atoms with Gasteiger partial charge in [0, 0.05) is 5.69 Å². The Balaban J connectivity index is 1.80. The number of ether oxygens (including phenoxy) is 1. The van der Waals surface area contributed by atoms with Crippen LogP contribution in [0.3, 0.4) is 0 Å². The van der Waals surface area contributed by atoms with Crippen molar-refractivity contribution in [2.24, 2.45) is 0 Å². The molecule has 1 saturated heterocycles. The van der Waals surface area contributed by atoms with Crippen LogP contribution in [-0.2, 0) is 9.59 Å². The molecule has 0 radical (unpaired) electrons. The summed E-state index contributed by atoms with van der Waals surface area (Å²) in [5, 5.41) is 3.25. The third kappa shape index (κ3) is 3.36. The lowest BCUT2D eigenvalue weighted by Crippen LogP contribution is -2.35. The normalized spacial score (nSPS) is 17.1. The summed E-state index contributed by atoms with van der Waals surface area (Å²) >= 11 is 0. The Morgan fingerprint density at radius 2 is 1.72 bits per heavy atom. The van der Waals surface area contributed by atoms with Crippen LogP contribution in [0.1, 0.15) is 24.5 Å². The molecule has 2 aromatic carbocycles. The van der Waals surface area contributed by atoms with Crippen LogP contribution in [0.15, 0.2) is 42.5 Å². The maximum Gasteiger partial charge on any atom is 0.256 e. The van der Waals surface area contributed by atoms with Crippen LogP contribution in [-0.4, -0.2) is 24.5 Å². The molecule has 2 amide bonds. The van der Waals surface area contributed by atoms with Gasteiger partial charge in [-0.15, -0.1) is 0 Å². The minimum absolute atomic E-state index is 0.153. The molecule has 1 fully saturated rings. The van der Waals surface area contributed by atoms with Gasteiger partial charge in [-0.2, -0.15) is 0 Å². The standard InChI is InChI=1S/C20H22N2O3/c1-4-25-16-10-8-15(9-11-16)22-18(23)12-17(20(22)24)21-19-13(2)6-5-7-14(19)3/h5-11,17,21H,4,12H2,1-3H3. The summed E-state index contributed by atoms with van der Waals surface area (Å²) in [4.78, 5) is 26.4. The van der Waals surface area contributed by atoms with Gasteiger partial charge in [0.25, 0.3) is 5.91 Å². The highest BCUT2D eigenvalue weighted by Gasteiger charge is 2.39. The van der Waals surface area contributed by atoms with Crippen LogP contribution >= 0.6 is 0 Å². The number of anilines is 2. The molecule has 1 N–H and O–H groups in total. The van der Waals surface area contributed by atoms with Gasteiger partial charge in [0.05, 0.1) is 18.7 Å². The van der Waals surface area contributed by atoms with Crippen molar-refractivity contribution in [3.63, 3.8) is 0 Å². The van der Waals surface area contributed by atoms with Gasteiger partial charge in [-0.05, 0) is 56.2 Å². The minimum atomic E-state index is -0.543. The predicted molar refractivity (Wildman–Crippen MR) is 98.0 cm³/mol. The SMILES string of the molecule is CCOc1ccc(N2C(=O)CC(Nc3c(C)cccc3C)C2=O)cc1. The number of amides is 2. The molecular weight excluding hydrogens is 316 g/mol. The van der Waals surface area contributed by atoms with Gasteiger partial charge >= 0.3 is 0 Å². The number of nitrogens with zero attached hydrogens (tertiary/aromatic N) is 1. The first-order chi connectivity index (χ1) is 12.0. The van der Waals surface area contributed by atoms with Gasteiger partial charge < -0.3 is 10.1 Å². The second kappa shape index (κ2) is 6.97. The van der Waals surface area contributed by atoms with E-state index in [-0.39, 0.29) is 18.2 Å². The lowest BCUT2D eigenvalue weighted by atomic mass is 10.1. The van der Waals surface area contributed by atoms with Crippen LogP contribution < -0.4 is 15.0 Å². The second-order valence-corrected chi connectivity index (χ2v) is 6.16. The summed E-state index contributed by atoms with van der Waals surface area (Å²) in [7, 11) is 0. The zero-order chi connectivity index (χ0) is 18.0. The van der Waals surface area contributed by atoms with Crippen LogP contribution in [0.4, 0.5) is 11.4 Å². The van der Waals surface area contributed by atoms with E-state index in [1.54, 1.807) is 24.3 Å². The molecular formula is C20H22N2O3. The highest BCUT2D eigenvalue weighted by molar-refractivity contribution is 6.23. The van der Waals surface area contributed by atoms with Crippen molar-refractivity contribution in [2.45, 2.75) is 33.2 Å². The van der Waals surface area contributed by atoms with Crippen LogP contribution in [0.25, 0.3) is 0 Å². The molecule has 0 spiro atoms. The zero-order valence-electron chi connectivity index (χ0n) is 14.7. The monoisotopic (exact) mass is 338 g/mol. The average molecular weight is 338 g/mol. The second-order valence-electron chi connectivity index (χ2n) is 6.16. The molecule has 1 unspecified atom stereocenters. The number of rotatable bonds is 5. The highest BCUT2D eigenvalue weighted by Crippen LogP contribution is 2.28. The Hall–Kier alpha value is -2.82. The summed E-state index contributed by atoms with van der Waals surface area (Å²) < 4.78 is 5.40. The Morgan fingerprint density at radius 1 is 1.08 bits per heavy atom. The molecule has 2 aromatic rings. The van der Waals surface area contributed by atoms with Gasteiger partial charge in [0.1, 0.15) is 11.8 Å². The lowest BCUT2D eigenvalue weighted by Gasteiger charge is -2.18. The third-order valence-electron chi connectivity index (χ3n) is 4.35. The number of aryl methyl sites for hydroxylation is 2. The third-order valence-corrected chi connectivity index (χ3v) is 4.35. The van der Waals surface area contributed by atoms with E-state index in [0.717, 1.165) is 22.6 Å². The fraction of sp³-hybridized carbons (Fsp3) is 0.300. The molecule has 5 heteroatoms. The zero-order valence-corrected chi connectivity index (χ0v) is 14.7. The van der Waals surface area contributed by atoms with E-state index < -0.39 is 6.04 Å². The number of hydrogen-bond donors (Lipinski definition) is 1. The van der Waals surface area contributed by atoms with E-state index in [0.29, 0.717) is 12.3 Å². The molecule has 0 aliphatic carbocycles. The molecule has 0 aromatic heterocycles. The van der Waals surface area contributed by atoms with E-state index in [4.69, 9.17) is 4.74 Å². The Labute approximate surface area is 147 Å². The van der Waals surface area contributed by atoms with Gasteiger partial charge in [0.15, 0.2) is 0 Å². The van der Waals surface area contributed by atoms with Gasteiger partial charge in [-0.25, -0.2) is 4.90 Å². The number of para-hydroxylation sites is 1. The number of imide groups is 1.